The molecule has 3 rings (SSSR count). The molecule has 0 spiro atoms. The van der Waals surface area contributed by atoms with Crippen molar-refractivity contribution in [1.29, 1.82) is 5.26 Å². The Morgan fingerprint density at radius 1 is 1.00 bits per heavy atom. The number of nitrogen functional groups attached to an aromatic ring is 1. The van der Waals surface area contributed by atoms with E-state index < -0.39 is 0 Å². The molecule has 4 heteroatoms. The van der Waals surface area contributed by atoms with Crippen LogP contribution >= 0.6 is 11.8 Å². The number of aryl methyl sites for hydroxylation is 2. The Bertz CT molecular complexity index is 884. The topological polar surface area (TPSA) is 54.7 Å². The van der Waals surface area contributed by atoms with Crippen LogP contribution in [0, 0.1) is 25.2 Å². The average molecular weight is 333 g/mol. The summed E-state index contributed by atoms with van der Waals surface area (Å²) in [6, 6.07) is 20.7. The molecule has 2 aromatic carbocycles. The van der Waals surface area contributed by atoms with E-state index in [1.807, 2.05) is 4.57 Å². The van der Waals surface area contributed by atoms with E-state index >= 15 is 0 Å². The summed E-state index contributed by atoms with van der Waals surface area (Å²) >= 11 is 1.59. The van der Waals surface area contributed by atoms with Gasteiger partial charge in [0, 0.05) is 11.4 Å². The lowest BCUT2D eigenvalue weighted by atomic mass is 10.1. The van der Waals surface area contributed by atoms with Crippen LogP contribution in [0.2, 0.25) is 0 Å². The van der Waals surface area contributed by atoms with Gasteiger partial charge < -0.3 is 10.3 Å². The van der Waals surface area contributed by atoms with Gasteiger partial charge in [0.1, 0.15) is 16.8 Å². The molecule has 0 saturated heterocycles. The molecule has 0 aliphatic heterocycles. The van der Waals surface area contributed by atoms with Gasteiger partial charge in [0.05, 0.1) is 5.69 Å². The number of rotatable bonds is 4. The monoisotopic (exact) mass is 333 g/mol. The zero-order valence-corrected chi connectivity index (χ0v) is 14.6. The number of nitrogens with two attached hydrogens (primary N) is 1. The van der Waals surface area contributed by atoms with Crippen molar-refractivity contribution in [1.82, 2.24) is 4.57 Å². The number of benzene rings is 2. The number of aromatic nitrogens is 1. The van der Waals surface area contributed by atoms with Crippen LogP contribution in [-0.4, -0.2) is 4.57 Å². The Morgan fingerprint density at radius 3 is 2.17 bits per heavy atom. The van der Waals surface area contributed by atoms with Crippen molar-refractivity contribution in [2.75, 3.05) is 5.73 Å². The Hall–Kier alpha value is -2.64. The molecule has 0 bridgehead atoms. The van der Waals surface area contributed by atoms with Crippen LogP contribution in [0.5, 0.6) is 0 Å². The molecule has 0 unspecified atom stereocenters. The van der Waals surface area contributed by atoms with Gasteiger partial charge in [-0.05, 0) is 37.6 Å². The van der Waals surface area contributed by atoms with Gasteiger partial charge in [-0.25, -0.2) is 0 Å². The first-order valence-electron chi connectivity index (χ1n) is 7.76. The summed E-state index contributed by atoms with van der Waals surface area (Å²) in [5.41, 5.74) is 11.0. The molecule has 0 amide bonds. The minimum Gasteiger partial charge on any atom is -0.397 e. The third-order valence-corrected chi connectivity index (χ3v) is 5.04. The molecule has 2 N–H and O–H groups in total. The molecule has 3 aromatic rings. The van der Waals surface area contributed by atoms with E-state index in [-0.39, 0.29) is 0 Å². The normalized spacial score (nSPS) is 10.5. The molecule has 0 fully saturated rings. The number of hydrogen-bond acceptors (Lipinski definition) is 3. The first-order chi connectivity index (χ1) is 11.6. The van der Waals surface area contributed by atoms with Crippen LogP contribution in [0.1, 0.15) is 22.4 Å². The summed E-state index contributed by atoms with van der Waals surface area (Å²) in [6.07, 6.45) is 0. The van der Waals surface area contributed by atoms with E-state index in [1.54, 1.807) is 17.8 Å². The second kappa shape index (κ2) is 6.86. The van der Waals surface area contributed by atoms with Crippen molar-refractivity contribution in [3.63, 3.8) is 0 Å². The predicted octanol–water partition coefficient (Wildman–Crippen LogP) is 4.76. The second-order valence-electron chi connectivity index (χ2n) is 5.89. The van der Waals surface area contributed by atoms with E-state index in [0.29, 0.717) is 17.9 Å². The quantitative estimate of drug-likeness (QED) is 0.749. The van der Waals surface area contributed by atoms with Crippen LogP contribution in [-0.2, 0) is 6.54 Å². The third kappa shape index (κ3) is 3.47. The minimum absolute atomic E-state index is 0.586. The molecule has 0 atom stereocenters. The fourth-order valence-corrected chi connectivity index (χ4v) is 3.46. The lowest BCUT2D eigenvalue weighted by molar-refractivity contribution is 0.725. The van der Waals surface area contributed by atoms with Gasteiger partial charge in [-0.15, -0.1) is 0 Å². The highest BCUT2D eigenvalue weighted by molar-refractivity contribution is 7.99. The highest BCUT2D eigenvalue weighted by Crippen LogP contribution is 2.35. The molecule has 0 saturated carbocycles. The van der Waals surface area contributed by atoms with Crippen molar-refractivity contribution < 1.29 is 0 Å². The van der Waals surface area contributed by atoms with E-state index in [1.165, 1.54) is 11.1 Å². The van der Waals surface area contributed by atoms with Crippen molar-refractivity contribution in [3.8, 4) is 6.07 Å². The lowest BCUT2D eigenvalue weighted by Crippen LogP contribution is -2.04. The maximum Gasteiger partial charge on any atom is 0.123 e. The third-order valence-electron chi connectivity index (χ3n) is 3.89. The summed E-state index contributed by atoms with van der Waals surface area (Å²) in [6.45, 7) is 4.77. The standard InChI is InChI=1S/C20H19N3S/c1-14-3-7-16(8-4-14)13-23-17(12-21)11-19(22)20(23)24-18-9-5-15(2)6-10-18/h3-11H,13,22H2,1-2H3. The van der Waals surface area contributed by atoms with E-state index in [9.17, 15) is 5.26 Å². The summed E-state index contributed by atoms with van der Waals surface area (Å²) in [5.74, 6) is 0. The molecule has 1 heterocycles. The fraction of sp³-hybridized carbons (Fsp3) is 0.150. The molecule has 3 nitrogen and oxygen atoms in total. The van der Waals surface area contributed by atoms with Crippen molar-refractivity contribution >= 4 is 17.4 Å². The predicted molar refractivity (Wildman–Crippen MR) is 99.1 cm³/mol. The van der Waals surface area contributed by atoms with Crippen LogP contribution in [0.25, 0.3) is 0 Å². The molecular formula is C20H19N3S. The van der Waals surface area contributed by atoms with Gasteiger partial charge in [-0.3, -0.25) is 0 Å². The van der Waals surface area contributed by atoms with Crippen LogP contribution < -0.4 is 5.73 Å². The smallest absolute Gasteiger partial charge is 0.123 e. The minimum atomic E-state index is 0.586. The number of nitrogens with zero attached hydrogens (tertiary/aromatic N) is 2. The Morgan fingerprint density at radius 2 is 1.58 bits per heavy atom. The molecule has 0 radical (unpaired) electrons. The number of nitriles is 1. The summed E-state index contributed by atoms with van der Waals surface area (Å²) < 4.78 is 1.99. The summed E-state index contributed by atoms with van der Waals surface area (Å²) in [5, 5.41) is 10.4. The fourth-order valence-electron chi connectivity index (χ4n) is 2.51. The number of hydrogen-bond donors (Lipinski definition) is 1. The van der Waals surface area contributed by atoms with Crippen LogP contribution in [0.4, 0.5) is 5.69 Å². The van der Waals surface area contributed by atoms with Crippen molar-refractivity contribution in [3.05, 3.63) is 77.0 Å². The highest BCUT2D eigenvalue weighted by Gasteiger charge is 2.15. The zero-order chi connectivity index (χ0) is 17.1. The highest BCUT2D eigenvalue weighted by atomic mass is 32.2. The molecule has 120 valence electrons. The molecular weight excluding hydrogens is 314 g/mol. The molecule has 0 aliphatic carbocycles. The maximum atomic E-state index is 9.45. The van der Waals surface area contributed by atoms with Crippen molar-refractivity contribution in [2.24, 2.45) is 0 Å². The SMILES string of the molecule is Cc1ccc(Cn2c(C#N)cc(N)c2Sc2ccc(C)cc2)cc1. The maximum absolute atomic E-state index is 9.45. The van der Waals surface area contributed by atoms with Gasteiger partial charge in [-0.1, -0.05) is 59.3 Å². The van der Waals surface area contributed by atoms with Gasteiger partial charge >= 0.3 is 0 Å². The summed E-state index contributed by atoms with van der Waals surface area (Å²) in [7, 11) is 0. The van der Waals surface area contributed by atoms with Crippen molar-refractivity contribution in [2.45, 2.75) is 30.3 Å². The zero-order valence-electron chi connectivity index (χ0n) is 13.8. The van der Waals surface area contributed by atoms with Gasteiger partial charge in [0.25, 0.3) is 0 Å². The molecule has 0 aliphatic rings. The second-order valence-corrected chi connectivity index (χ2v) is 6.95. The summed E-state index contributed by atoms with van der Waals surface area (Å²) in [4.78, 5) is 1.11. The van der Waals surface area contributed by atoms with Crippen LogP contribution in [0.15, 0.2) is 64.5 Å². The van der Waals surface area contributed by atoms with E-state index in [2.05, 4.69) is 68.4 Å². The Kier molecular flexibility index (Phi) is 4.64. The van der Waals surface area contributed by atoms with Gasteiger partial charge in [0.2, 0.25) is 0 Å². The first-order valence-corrected chi connectivity index (χ1v) is 8.57. The van der Waals surface area contributed by atoms with Gasteiger partial charge in [-0.2, -0.15) is 5.26 Å². The van der Waals surface area contributed by atoms with E-state index in [4.69, 9.17) is 5.73 Å². The largest absolute Gasteiger partial charge is 0.397 e. The molecule has 24 heavy (non-hydrogen) atoms. The number of anilines is 1. The van der Waals surface area contributed by atoms with Gasteiger partial charge in [0.15, 0.2) is 0 Å². The Balaban J connectivity index is 1.96. The lowest BCUT2D eigenvalue weighted by Gasteiger charge is -2.11. The van der Waals surface area contributed by atoms with E-state index in [0.717, 1.165) is 15.5 Å². The average Bonchev–Trinajstić information content (AvgIpc) is 2.87. The Labute approximate surface area is 146 Å². The van der Waals surface area contributed by atoms with Crippen LogP contribution in [0.3, 0.4) is 0 Å². The first kappa shape index (κ1) is 16.2. The molecule has 1 aromatic heterocycles.